The Bertz CT molecular complexity index is 1190. The van der Waals surface area contributed by atoms with Gasteiger partial charge in [-0.05, 0) is 45.0 Å². The highest BCUT2D eigenvalue weighted by atomic mass is 35.5. The number of piperidine rings is 1. The number of benzene rings is 2. The third-order valence-electron chi connectivity index (χ3n) is 5.41. The number of anilines is 1. The third kappa shape index (κ3) is 6.22. The lowest BCUT2D eigenvalue weighted by molar-refractivity contribution is 0.0126. The van der Waals surface area contributed by atoms with E-state index in [2.05, 4.69) is 15.3 Å². The molecule has 3 aromatic rings. The number of carbonyl (C=O) groups excluding carboxylic acids is 1. The Morgan fingerprint density at radius 1 is 1.17 bits per heavy atom. The number of ether oxygens (including phenoxy) is 3. The Morgan fingerprint density at radius 3 is 2.66 bits per heavy atom. The minimum Gasteiger partial charge on any atom is -0.489 e. The van der Waals surface area contributed by atoms with Gasteiger partial charge in [-0.3, -0.25) is 0 Å². The molecule has 10 heteroatoms. The molecule has 1 aromatic heterocycles. The van der Waals surface area contributed by atoms with Crippen LogP contribution < -0.4 is 14.8 Å². The summed E-state index contributed by atoms with van der Waals surface area (Å²) in [6, 6.07) is 10.6. The fourth-order valence-electron chi connectivity index (χ4n) is 3.70. The monoisotopic (exact) mass is 502 g/mol. The van der Waals surface area contributed by atoms with Gasteiger partial charge in [0.2, 0.25) is 5.88 Å². The summed E-state index contributed by atoms with van der Waals surface area (Å²) in [5, 5.41) is 3.53. The van der Waals surface area contributed by atoms with Crippen molar-refractivity contribution in [3.05, 3.63) is 53.6 Å². The lowest BCUT2D eigenvalue weighted by atomic mass is 10.1. The van der Waals surface area contributed by atoms with E-state index in [9.17, 15) is 9.18 Å². The van der Waals surface area contributed by atoms with Gasteiger partial charge in [0.05, 0.1) is 16.6 Å². The minimum absolute atomic E-state index is 0.0163. The summed E-state index contributed by atoms with van der Waals surface area (Å²) in [6.45, 7) is 6.47. The molecule has 1 aliphatic rings. The second kappa shape index (κ2) is 10.5. The predicted octanol–water partition coefficient (Wildman–Crippen LogP) is 5.65. The summed E-state index contributed by atoms with van der Waals surface area (Å²) < 4.78 is 31.9. The molecule has 35 heavy (non-hydrogen) atoms. The number of nitrogens with zero attached hydrogens (tertiary/aromatic N) is 3. The van der Waals surface area contributed by atoms with Gasteiger partial charge in [-0.2, -0.15) is 0 Å². The van der Waals surface area contributed by atoms with E-state index in [0.29, 0.717) is 31.8 Å². The van der Waals surface area contributed by atoms with Gasteiger partial charge in [0.15, 0.2) is 12.5 Å². The van der Waals surface area contributed by atoms with E-state index in [4.69, 9.17) is 25.8 Å². The molecular weight excluding hydrogens is 475 g/mol. The Labute approximate surface area is 208 Å². The molecule has 1 fully saturated rings. The number of fused-ring (bicyclic) bond motifs is 1. The van der Waals surface area contributed by atoms with Crippen molar-refractivity contribution in [1.29, 1.82) is 0 Å². The maximum absolute atomic E-state index is 14.9. The molecule has 8 nitrogen and oxygen atoms in total. The van der Waals surface area contributed by atoms with E-state index < -0.39 is 11.4 Å². The van der Waals surface area contributed by atoms with Gasteiger partial charge in [0.25, 0.3) is 0 Å². The third-order valence-corrected chi connectivity index (χ3v) is 5.76. The maximum atomic E-state index is 14.9. The van der Waals surface area contributed by atoms with Crippen LogP contribution in [0.5, 0.6) is 11.6 Å². The average molecular weight is 503 g/mol. The largest absolute Gasteiger partial charge is 0.489 e. The molecule has 2 aromatic carbocycles. The van der Waals surface area contributed by atoms with Gasteiger partial charge in [0, 0.05) is 25.9 Å². The van der Waals surface area contributed by atoms with Crippen LogP contribution in [-0.2, 0) is 4.74 Å². The molecule has 186 valence electrons. The molecule has 0 radical (unpaired) electrons. The van der Waals surface area contributed by atoms with Crippen LogP contribution in [0.1, 0.15) is 33.6 Å². The summed E-state index contributed by atoms with van der Waals surface area (Å²) in [5.74, 6) is 0.0203. The highest BCUT2D eigenvalue weighted by Gasteiger charge is 2.28. The fourth-order valence-corrected chi connectivity index (χ4v) is 3.91. The fraction of sp³-hybridized carbons (Fsp3) is 0.400. The molecule has 0 bridgehead atoms. The minimum atomic E-state index is -0.633. The Kier molecular flexibility index (Phi) is 7.45. The quantitative estimate of drug-likeness (QED) is 0.436. The molecule has 2 heterocycles. The van der Waals surface area contributed by atoms with Gasteiger partial charge < -0.3 is 24.4 Å². The number of aromatic nitrogens is 2. The second-order valence-electron chi connectivity index (χ2n) is 9.19. The standard InChI is InChI=1S/C25H28ClFN4O4/c1-25(2,3)35-24(32)31-12-10-16(11-13-31)34-20-9-8-19(22(27)21(20)26)30-15-33-23-17-6-4-5-7-18(17)28-14-29-23/h4-9,14,16,30H,10-13,15H2,1-3H3. The number of amides is 1. The molecule has 0 unspecified atom stereocenters. The van der Waals surface area contributed by atoms with Crippen LogP contribution in [0.25, 0.3) is 10.9 Å². The van der Waals surface area contributed by atoms with Crippen molar-refractivity contribution in [3.63, 3.8) is 0 Å². The van der Waals surface area contributed by atoms with Crippen LogP contribution in [0.15, 0.2) is 42.7 Å². The van der Waals surface area contributed by atoms with Crippen LogP contribution in [0.2, 0.25) is 5.02 Å². The molecule has 0 atom stereocenters. The number of para-hydroxylation sites is 1. The first kappa shape index (κ1) is 24.8. The summed E-state index contributed by atoms with van der Waals surface area (Å²) in [5.41, 5.74) is 0.393. The van der Waals surface area contributed by atoms with Crippen molar-refractivity contribution in [3.8, 4) is 11.6 Å². The van der Waals surface area contributed by atoms with Gasteiger partial charge in [-0.15, -0.1) is 0 Å². The molecule has 1 amide bonds. The van der Waals surface area contributed by atoms with Crippen molar-refractivity contribution in [2.45, 2.75) is 45.3 Å². The van der Waals surface area contributed by atoms with E-state index in [1.807, 2.05) is 45.0 Å². The second-order valence-corrected chi connectivity index (χ2v) is 9.56. The molecule has 0 aliphatic carbocycles. The molecule has 4 rings (SSSR count). The van der Waals surface area contributed by atoms with E-state index in [1.54, 1.807) is 17.0 Å². The first-order chi connectivity index (χ1) is 16.7. The number of halogens is 2. The molecule has 1 N–H and O–H groups in total. The number of rotatable bonds is 6. The average Bonchev–Trinajstić information content (AvgIpc) is 2.83. The lowest BCUT2D eigenvalue weighted by Gasteiger charge is -2.33. The van der Waals surface area contributed by atoms with Crippen LogP contribution >= 0.6 is 11.6 Å². The van der Waals surface area contributed by atoms with E-state index in [1.165, 1.54) is 6.33 Å². The number of hydrogen-bond acceptors (Lipinski definition) is 7. The zero-order chi connectivity index (χ0) is 25.0. The Balaban J connectivity index is 1.31. The van der Waals surface area contributed by atoms with E-state index >= 15 is 0 Å². The lowest BCUT2D eigenvalue weighted by Crippen LogP contribution is -2.44. The van der Waals surface area contributed by atoms with Crippen molar-refractivity contribution in [1.82, 2.24) is 14.9 Å². The molecular formula is C25H28ClFN4O4. The normalized spacial score (nSPS) is 14.6. The van der Waals surface area contributed by atoms with Gasteiger partial charge >= 0.3 is 6.09 Å². The number of likely N-dealkylation sites (tertiary alicyclic amines) is 1. The SMILES string of the molecule is CC(C)(C)OC(=O)N1CCC(Oc2ccc(NCOc3ncnc4ccccc34)c(F)c2Cl)CC1. The highest BCUT2D eigenvalue weighted by Crippen LogP contribution is 2.34. The first-order valence-electron chi connectivity index (χ1n) is 11.4. The maximum Gasteiger partial charge on any atom is 0.410 e. The zero-order valence-electron chi connectivity index (χ0n) is 19.9. The molecule has 1 saturated heterocycles. The molecule has 0 spiro atoms. The predicted molar refractivity (Wildman–Crippen MR) is 132 cm³/mol. The van der Waals surface area contributed by atoms with Crippen molar-refractivity contribution in [2.24, 2.45) is 0 Å². The Hall–Kier alpha value is -3.33. The van der Waals surface area contributed by atoms with E-state index in [0.717, 1.165) is 10.9 Å². The molecule has 1 aliphatic heterocycles. The van der Waals surface area contributed by atoms with Crippen LogP contribution in [0, 0.1) is 5.82 Å². The van der Waals surface area contributed by atoms with Crippen molar-refractivity contribution >= 4 is 34.3 Å². The van der Waals surface area contributed by atoms with Crippen LogP contribution in [0.4, 0.5) is 14.9 Å². The summed E-state index contributed by atoms with van der Waals surface area (Å²) in [6.07, 6.45) is 2.08. The summed E-state index contributed by atoms with van der Waals surface area (Å²) in [4.78, 5) is 22.2. The van der Waals surface area contributed by atoms with Crippen molar-refractivity contribution < 1.29 is 23.4 Å². The topological polar surface area (TPSA) is 85.8 Å². The number of nitrogens with one attached hydrogen (secondary N) is 1. The van der Waals surface area contributed by atoms with Gasteiger partial charge in [0.1, 0.15) is 28.8 Å². The van der Waals surface area contributed by atoms with Crippen LogP contribution in [0.3, 0.4) is 0 Å². The smallest absolute Gasteiger partial charge is 0.410 e. The van der Waals surface area contributed by atoms with Gasteiger partial charge in [-0.1, -0.05) is 23.7 Å². The zero-order valence-corrected chi connectivity index (χ0v) is 20.6. The summed E-state index contributed by atoms with van der Waals surface area (Å²) in [7, 11) is 0. The van der Waals surface area contributed by atoms with E-state index in [-0.39, 0.29) is 35.4 Å². The first-order valence-corrected chi connectivity index (χ1v) is 11.8. The Morgan fingerprint density at radius 2 is 1.91 bits per heavy atom. The summed E-state index contributed by atoms with van der Waals surface area (Å²) >= 11 is 6.26. The number of carbonyl (C=O) groups is 1. The highest BCUT2D eigenvalue weighted by molar-refractivity contribution is 6.32. The number of hydrogen-bond donors (Lipinski definition) is 1. The van der Waals surface area contributed by atoms with Crippen molar-refractivity contribution in [2.75, 3.05) is 25.1 Å². The van der Waals surface area contributed by atoms with Gasteiger partial charge in [-0.25, -0.2) is 19.2 Å². The van der Waals surface area contributed by atoms with Crippen LogP contribution in [-0.4, -0.2) is 52.5 Å². The molecule has 0 saturated carbocycles.